The molecule has 0 bridgehead atoms. The zero-order valence-corrected chi connectivity index (χ0v) is 7.88. The number of hydrogen-bond acceptors (Lipinski definition) is 3. The van der Waals surface area contributed by atoms with Crippen LogP contribution in [0, 0.1) is 0 Å². The van der Waals surface area contributed by atoms with Crippen LogP contribution in [0.5, 0.6) is 0 Å². The molecule has 0 radical (unpaired) electrons. The van der Waals surface area contributed by atoms with E-state index in [9.17, 15) is 4.79 Å². The molecule has 1 rings (SSSR count). The molecule has 0 aliphatic carbocycles. The fraction of sp³-hybridized carbons (Fsp3) is 0.250. The highest BCUT2D eigenvalue weighted by Crippen LogP contribution is 1.94. The van der Waals surface area contributed by atoms with Crippen LogP contribution in [-0.2, 0) is 0 Å². The second-order valence-electron chi connectivity index (χ2n) is 2.28. The first kappa shape index (κ1) is 11.9. The van der Waals surface area contributed by atoms with Gasteiger partial charge in [-0.05, 0) is 12.1 Å². The summed E-state index contributed by atoms with van der Waals surface area (Å²) in [5, 5.41) is 2.66. The van der Waals surface area contributed by atoms with E-state index in [1.165, 1.54) is 0 Å². The first-order valence-corrected chi connectivity index (χ1v) is 3.73. The summed E-state index contributed by atoms with van der Waals surface area (Å²) < 4.78 is 0. The number of aromatic nitrogens is 1. The number of carbonyl (C=O) groups is 1. The van der Waals surface area contributed by atoms with Gasteiger partial charge in [0.2, 0.25) is 0 Å². The van der Waals surface area contributed by atoms with Crippen molar-refractivity contribution in [3.8, 4) is 0 Å². The minimum Gasteiger partial charge on any atom is -0.351 e. The van der Waals surface area contributed by atoms with E-state index in [1.807, 2.05) is 0 Å². The van der Waals surface area contributed by atoms with Gasteiger partial charge in [0.1, 0.15) is 0 Å². The molecule has 1 amide bonds. The molecule has 0 fully saturated rings. The number of hydrogen-bond donors (Lipinski definition) is 2. The summed E-state index contributed by atoms with van der Waals surface area (Å²) in [6.07, 6.45) is 3.16. The van der Waals surface area contributed by atoms with Crippen LogP contribution in [0.15, 0.2) is 24.5 Å². The standard InChI is InChI=1S/C8H11N3O.ClH/c9-3-6-11-8(12)7-1-4-10-5-2-7;/h1-2,4-5H,3,6,9H2,(H,11,12);1H. The first-order valence-electron chi connectivity index (χ1n) is 3.73. The van der Waals surface area contributed by atoms with Crippen molar-refractivity contribution in [2.24, 2.45) is 5.73 Å². The average molecular weight is 202 g/mol. The third-order valence-corrected chi connectivity index (χ3v) is 1.37. The summed E-state index contributed by atoms with van der Waals surface area (Å²) in [4.78, 5) is 15.0. The Hall–Kier alpha value is -1.13. The lowest BCUT2D eigenvalue weighted by Gasteiger charge is -2.01. The molecule has 4 nitrogen and oxygen atoms in total. The van der Waals surface area contributed by atoms with Crippen LogP contribution in [0.1, 0.15) is 10.4 Å². The van der Waals surface area contributed by atoms with Gasteiger partial charge in [-0.2, -0.15) is 0 Å². The molecule has 13 heavy (non-hydrogen) atoms. The van der Waals surface area contributed by atoms with Crippen molar-refractivity contribution < 1.29 is 4.79 Å². The maximum Gasteiger partial charge on any atom is 0.251 e. The molecule has 0 saturated carbocycles. The molecule has 0 aromatic carbocycles. The fourth-order valence-electron chi connectivity index (χ4n) is 0.791. The summed E-state index contributed by atoms with van der Waals surface area (Å²) in [5.74, 6) is -0.108. The minimum atomic E-state index is -0.108. The van der Waals surface area contributed by atoms with Crippen molar-refractivity contribution in [1.29, 1.82) is 0 Å². The zero-order chi connectivity index (χ0) is 8.81. The summed E-state index contributed by atoms with van der Waals surface area (Å²) in [7, 11) is 0. The van der Waals surface area contributed by atoms with Crippen LogP contribution >= 0.6 is 12.4 Å². The van der Waals surface area contributed by atoms with Crippen molar-refractivity contribution in [3.63, 3.8) is 0 Å². The van der Waals surface area contributed by atoms with Crippen LogP contribution in [0.2, 0.25) is 0 Å². The molecule has 0 aliphatic heterocycles. The van der Waals surface area contributed by atoms with Gasteiger partial charge in [0.25, 0.3) is 5.91 Å². The average Bonchev–Trinajstić information content (AvgIpc) is 2.15. The Morgan fingerprint density at radius 2 is 2.08 bits per heavy atom. The van der Waals surface area contributed by atoms with Crippen LogP contribution in [0.4, 0.5) is 0 Å². The van der Waals surface area contributed by atoms with Crippen LogP contribution < -0.4 is 11.1 Å². The van der Waals surface area contributed by atoms with E-state index < -0.39 is 0 Å². The van der Waals surface area contributed by atoms with E-state index in [0.29, 0.717) is 18.7 Å². The summed E-state index contributed by atoms with van der Waals surface area (Å²) >= 11 is 0. The third kappa shape index (κ3) is 3.87. The number of halogens is 1. The molecule has 5 heteroatoms. The number of nitrogens with two attached hydrogens (primary N) is 1. The number of rotatable bonds is 3. The Balaban J connectivity index is 0.00000144. The largest absolute Gasteiger partial charge is 0.351 e. The van der Waals surface area contributed by atoms with Crippen molar-refractivity contribution in [3.05, 3.63) is 30.1 Å². The van der Waals surface area contributed by atoms with Gasteiger partial charge in [0, 0.05) is 31.0 Å². The zero-order valence-electron chi connectivity index (χ0n) is 7.06. The Labute approximate surface area is 83.0 Å². The quantitative estimate of drug-likeness (QED) is 0.734. The van der Waals surface area contributed by atoms with Gasteiger partial charge in [-0.25, -0.2) is 0 Å². The Morgan fingerprint density at radius 3 is 2.62 bits per heavy atom. The Kier molecular flexibility index (Phi) is 5.84. The van der Waals surface area contributed by atoms with Crippen molar-refractivity contribution in [2.45, 2.75) is 0 Å². The highest BCUT2D eigenvalue weighted by atomic mass is 35.5. The summed E-state index contributed by atoms with van der Waals surface area (Å²) in [6.45, 7) is 0.956. The van der Waals surface area contributed by atoms with Gasteiger partial charge < -0.3 is 11.1 Å². The lowest BCUT2D eigenvalue weighted by molar-refractivity contribution is 0.0954. The highest BCUT2D eigenvalue weighted by Gasteiger charge is 2.01. The van der Waals surface area contributed by atoms with Crippen LogP contribution in [0.3, 0.4) is 0 Å². The van der Waals surface area contributed by atoms with Crippen molar-refractivity contribution in [1.82, 2.24) is 10.3 Å². The van der Waals surface area contributed by atoms with Gasteiger partial charge >= 0.3 is 0 Å². The molecule has 1 heterocycles. The Morgan fingerprint density at radius 1 is 1.46 bits per heavy atom. The molecular weight excluding hydrogens is 190 g/mol. The van der Waals surface area contributed by atoms with Gasteiger partial charge in [0.05, 0.1) is 0 Å². The highest BCUT2D eigenvalue weighted by molar-refractivity contribution is 5.93. The normalized spacial score (nSPS) is 8.69. The number of pyridine rings is 1. The summed E-state index contributed by atoms with van der Waals surface area (Å²) in [5.41, 5.74) is 5.84. The molecule has 0 saturated heterocycles. The maximum atomic E-state index is 11.2. The second kappa shape index (κ2) is 6.39. The molecule has 0 unspecified atom stereocenters. The summed E-state index contributed by atoms with van der Waals surface area (Å²) in [6, 6.07) is 3.32. The van der Waals surface area contributed by atoms with E-state index >= 15 is 0 Å². The molecule has 72 valence electrons. The predicted octanol–water partition coefficient (Wildman–Crippen LogP) is 0.192. The van der Waals surface area contributed by atoms with E-state index in [-0.39, 0.29) is 18.3 Å². The molecule has 0 spiro atoms. The topological polar surface area (TPSA) is 68.0 Å². The van der Waals surface area contributed by atoms with E-state index in [0.717, 1.165) is 0 Å². The van der Waals surface area contributed by atoms with Gasteiger partial charge in [-0.1, -0.05) is 0 Å². The van der Waals surface area contributed by atoms with Crippen LogP contribution in [-0.4, -0.2) is 24.0 Å². The monoisotopic (exact) mass is 201 g/mol. The second-order valence-corrected chi connectivity index (χ2v) is 2.28. The van der Waals surface area contributed by atoms with E-state index in [2.05, 4.69) is 10.3 Å². The number of nitrogens with zero attached hydrogens (tertiary/aromatic N) is 1. The molecule has 1 aromatic heterocycles. The molecular formula is C8H12ClN3O. The van der Waals surface area contributed by atoms with Gasteiger partial charge in [0.15, 0.2) is 0 Å². The van der Waals surface area contributed by atoms with Crippen molar-refractivity contribution >= 4 is 18.3 Å². The van der Waals surface area contributed by atoms with Gasteiger partial charge in [-0.15, -0.1) is 12.4 Å². The van der Waals surface area contributed by atoms with Gasteiger partial charge in [-0.3, -0.25) is 9.78 Å². The number of nitrogens with one attached hydrogen (secondary N) is 1. The Bertz CT molecular complexity index is 253. The van der Waals surface area contributed by atoms with E-state index in [1.54, 1.807) is 24.5 Å². The third-order valence-electron chi connectivity index (χ3n) is 1.37. The number of carbonyl (C=O) groups excluding carboxylic acids is 1. The molecule has 0 aliphatic rings. The van der Waals surface area contributed by atoms with Crippen molar-refractivity contribution in [2.75, 3.05) is 13.1 Å². The van der Waals surface area contributed by atoms with Crippen LogP contribution in [0.25, 0.3) is 0 Å². The predicted molar refractivity (Wildman–Crippen MR) is 52.9 cm³/mol. The maximum absolute atomic E-state index is 11.2. The molecule has 1 aromatic rings. The fourth-order valence-corrected chi connectivity index (χ4v) is 0.791. The SMILES string of the molecule is Cl.NCCNC(=O)c1ccncc1. The smallest absolute Gasteiger partial charge is 0.251 e. The lowest BCUT2D eigenvalue weighted by Crippen LogP contribution is -2.28. The molecule has 0 atom stereocenters. The molecule has 3 N–H and O–H groups in total. The lowest BCUT2D eigenvalue weighted by atomic mass is 10.2. The first-order chi connectivity index (χ1) is 5.84. The minimum absolute atomic E-state index is 0. The number of amides is 1. The van der Waals surface area contributed by atoms with E-state index in [4.69, 9.17) is 5.73 Å².